The lowest BCUT2D eigenvalue weighted by molar-refractivity contribution is 0.133. The van der Waals surface area contributed by atoms with Crippen LogP contribution in [0, 0.1) is 5.92 Å². The third-order valence-electron chi connectivity index (χ3n) is 3.81. The molecular formula is C14H28N2. The van der Waals surface area contributed by atoms with E-state index in [1.54, 1.807) is 0 Å². The van der Waals surface area contributed by atoms with Crippen molar-refractivity contribution in [3.63, 3.8) is 0 Å². The Bertz CT molecular complexity index is 215. The molecule has 1 unspecified atom stereocenters. The molecule has 0 aromatic carbocycles. The highest BCUT2D eigenvalue weighted by Crippen LogP contribution is 2.31. The topological polar surface area (TPSA) is 15.3 Å². The van der Waals surface area contributed by atoms with Crippen molar-refractivity contribution in [3.05, 3.63) is 0 Å². The van der Waals surface area contributed by atoms with Crippen molar-refractivity contribution < 1.29 is 0 Å². The molecule has 0 aromatic heterocycles. The fraction of sp³-hybridized carbons (Fsp3) is 1.00. The normalized spacial score (nSPS) is 28.3. The van der Waals surface area contributed by atoms with Crippen LogP contribution in [0.5, 0.6) is 0 Å². The highest BCUT2D eigenvalue weighted by atomic mass is 15.2. The Morgan fingerprint density at radius 2 is 1.88 bits per heavy atom. The molecule has 2 aliphatic rings. The van der Waals surface area contributed by atoms with Crippen LogP contribution in [-0.4, -0.2) is 36.1 Å². The summed E-state index contributed by atoms with van der Waals surface area (Å²) in [7, 11) is 0. The van der Waals surface area contributed by atoms with Crippen molar-refractivity contribution in [1.82, 2.24) is 10.2 Å². The second-order valence-electron chi connectivity index (χ2n) is 6.72. The van der Waals surface area contributed by atoms with Gasteiger partial charge in [0, 0.05) is 24.7 Å². The number of piperidine rings is 1. The van der Waals surface area contributed by atoms with E-state index in [4.69, 9.17) is 0 Å². The summed E-state index contributed by atoms with van der Waals surface area (Å²) in [6.07, 6.45) is 7.21. The molecule has 1 heterocycles. The van der Waals surface area contributed by atoms with Crippen molar-refractivity contribution in [2.24, 2.45) is 5.92 Å². The van der Waals surface area contributed by atoms with Gasteiger partial charge in [-0.05, 0) is 58.9 Å². The minimum absolute atomic E-state index is 0.267. The van der Waals surface area contributed by atoms with E-state index in [1.165, 1.54) is 51.7 Å². The highest BCUT2D eigenvalue weighted by molar-refractivity contribution is 4.86. The number of hydrogen-bond acceptors (Lipinski definition) is 2. The second kappa shape index (κ2) is 5.05. The van der Waals surface area contributed by atoms with E-state index < -0.39 is 0 Å². The molecule has 16 heavy (non-hydrogen) atoms. The molecule has 0 aromatic rings. The molecule has 2 fully saturated rings. The standard InChI is InChI=1S/C14H28N2/c1-14(2,3)15-10-13-6-4-5-9-16(13)11-12-7-8-12/h12-13,15H,4-11H2,1-3H3. The van der Waals surface area contributed by atoms with E-state index in [2.05, 4.69) is 31.0 Å². The Morgan fingerprint density at radius 3 is 2.50 bits per heavy atom. The molecule has 0 amide bonds. The summed E-state index contributed by atoms with van der Waals surface area (Å²) in [6, 6.07) is 0.800. The quantitative estimate of drug-likeness (QED) is 0.790. The Labute approximate surface area is 101 Å². The largest absolute Gasteiger partial charge is 0.311 e. The van der Waals surface area contributed by atoms with E-state index in [9.17, 15) is 0 Å². The van der Waals surface area contributed by atoms with Crippen LogP contribution in [0.25, 0.3) is 0 Å². The molecular weight excluding hydrogens is 196 g/mol. The molecule has 2 rings (SSSR count). The monoisotopic (exact) mass is 224 g/mol. The maximum absolute atomic E-state index is 3.67. The molecule has 1 N–H and O–H groups in total. The van der Waals surface area contributed by atoms with Gasteiger partial charge in [0.15, 0.2) is 0 Å². The van der Waals surface area contributed by atoms with Gasteiger partial charge in [0.05, 0.1) is 0 Å². The lowest BCUT2D eigenvalue weighted by Crippen LogP contribution is -2.50. The summed E-state index contributed by atoms with van der Waals surface area (Å²) < 4.78 is 0. The summed E-state index contributed by atoms with van der Waals surface area (Å²) in [5.74, 6) is 1.04. The maximum atomic E-state index is 3.67. The van der Waals surface area contributed by atoms with E-state index in [0.717, 1.165) is 12.0 Å². The van der Waals surface area contributed by atoms with Crippen molar-refractivity contribution in [2.75, 3.05) is 19.6 Å². The predicted octanol–water partition coefficient (Wildman–Crippen LogP) is 2.64. The molecule has 1 aliphatic heterocycles. The van der Waals surface area contributed by atoms with Crippen molar-refractivity contribution in [3.8, 4) is 0 Å². The van der Waals surface area contributed by atoms with Gasteiger partial charge in [-0.25, -0.2) is 0 Å². The van der Waals surface area contributed by atoms with Crippen LogP contribution in [-0.2, 0) is 0 Å². The molecule has 94 valence electrons. The Morgan fingerprint density at radius 1 is 1.12 bits per heavy atom. The third kappa shape index (κ3) is 4.06. The molecule has 2 nitrogen and oxygen atoms in total. The van der Waals surface area contributed by atoms with Gasteiger partial charge in [-0.3, -0.25) is 4.90 Å². The number of likely N-dealkylation sites (tertiary alicyclic amines) is 1. The highest BCUT2D eigenvalue weighted by Gasteiger charge is 2.29. The van der Waals surface area contributed by atoms with Crippen molar-refractivity contribution in [2.45, 2.75) is 64.5 Å². The van der Waals surface area contributed by atoms with Crippen LogP contribution in [0.15, 0.2) is 0 Å². The van der Waals surface area contributed by atoms with E-state index >= 15 is 0 Å². The average Bonchev–Trinajstić information content (AvgIpc) is 2.99. The van der Waals surface area contributed by atoms with E-state index in [-0.39, 0.29) is 5.54 Å². The molecule has 0 spiro atoms. The predicted molar refractivity (Wildman–Crippen MR) is 69.7 cm³/mol. The van der Waals surface area contributed by atoms with Gasteiger partial charge in [-0.1, -0.05) is 6.42 Å². The van der Waals surface area contributed by atoms with Crippen LogP contribution in [0.1, 0.15) is 52.9 Å². The van der Waals surface area contributed by atoms with Gasteiger partial charge in [0.2, 0.25) is 0 Å². The molecule has 1 saturated carbocycles. The number of rotatable bonds is 4. The lowest BCUT2D eigenvalue weighted by Gasteiger charge is -2.37. The Hall–Kier alpha value is -0.0800. The fourth-order valence-corrected chi connectivity index (χ4v) is 2.59. The molecule has 0 radical (unpaired) electrons. The molecule has 1 atom stereocenters. The second-order valence-corrected chi connectivity index (χ2v) is 6.72. The summed E-state index contributed by atoms with van der Waals surface area (Å²) in [6.45, 7) is 10.7. The fourth-order valence-electron chi connectivity index (χ4n) is 2.59. The zero-order valence-corrected chi connectivity index (χ0v) is 11.3. The van der Waals surface area contributed by atoms with Crippen LogP contribution in [0.3, 0.4) is 0 Å². The van der Waals surface area contributed by atoms with Crippen LogP contribution < -0.4 is 5.32 Å². The SMILES string of the molecule is CC(C)(C)NCC1CCCCN1CC1CC1. The van der Waals surface area contributed by atoms with Gasteiger partial charge >= 0.3 is 0 Å². The summed E-state index contributed by atoms with van der Waals surface area (Å²) in [5, 5.41) is 3.67. The van der Waals surface area contributed by atoms with Crippen LogP contribution >= 0.6 is 0 Å². The maximum Gasteiger partial charge on any atom is 0.0220 e. The van der Waals surface area contributed by atoms with Gasteiger partial charge in [0.1, 0.15) is 0 Å². The first-order valence-electron chi connectivity index (χ1n) is 7.04. The molecule has 1 saturated heterocycles. The van der Waals surface area contributed by atoms with E-state index in [0.29, 0.717) is 0 Å². The summed E-state index contributed by atoms with van der Waals surface area (Å²) >= 11 is 0. The van der Waals surface area contributed by atoms with Crippen LogP contribution in [0.2, 0.25) is 0 Å². The van der Waals surface area contributed by atoms with Gasteiger partial charge in [0.25, 0.3) is 0 Å². The Balaban J connectivity index is 1.78. The number of nitrogens with one attached hydrogen (secondary N) is 1. The summed E-state index contributed by atoms with van der Waals surface area (Å²) in [4.78, 5) is 2.75. The van der Waals surface area contributed by atoms with Crippen LogP contribution in [0.4, 0.5) is 0 Å². The van der Waals surface area contributed by atoms with Gasteiger partial charge in [-0.2, -0.15) is 0 Å². The lowest BCUT2D eigenvalue weighted by atomic mass is 10.00. The molecule has 1 aliphatic carbocycles. The summed E-state index contributed by atoms with van der Waals surface area (Å²) in [5.41, 5.74) is 0.267. The smallest absolute Gasteiger partial charge is 0.0220 e. The Kier molecular flexibility index (Phi) is 3.91. The number of hydrogen-bond donors (Lipinski definition) is 1. The van der Waals surface area contributed by atoms with Gasteiger partial charge in [-0.15, -0.1) is 0 Å². The molecule has 0 bridgehead atoms. The zero-order chi connectivity index (χ0) is 11.6. The first-order valence-corrected chi connectivity index (χ1v) is 7.04. The third-order valence-corrected chi connectivity index (χ3v) is 3.81. The minimum Gasteiger partial charge on any atom is -0.311 e. The molecule has 2 heteroatoms. The number of nitrogens with zero attached hydrogens (tertiary/aromatic N) is 1. The first kappa shape index (κ1) is 12.4. The first-order chi connectivity index (χ1) is 7.54. The average molecular weight is 224 g/mol. The minimum atomic E-state index is 0.267. The zero-order valence-electron chi connectivity index (χ0n) is 11.3. The van der Waals surface area contributed by atoms with E-state index in [1.807, 2.05) is 0 Å². The van der Waals surface area contributed by atoms with Crippen molar-refractivity contribution >= 4 is 0 Å². The van der Waals surface area contributed by atoms with Crippen molar-refractivity contribution in [1.29, 1.82) is 0 Å². The van der Waals surface area contributed by atoms with Gasteiger partial charge < -0.3 is 5.32 Å².